The van der Waals surface area contributed by atoms with Crippen molar-refractivity contribution in [3.8, 4) is 5.75 Å². The summed E-state index contributed by atoms with van der Waals surface area (Å²) in [6.07, 6.45) is 5.93. The van der Waals surface area contributed by atoms with Crippen molar-refractivity contribution >= 4 is 23.2 Å². The van der Waals surface area contributed by atoms with Crippen LogP contribution in [0, 0.1) is 0 Å². The van der Waals surface area contributed by atoms with Crippen LogP contribution in [-0.4, -0.2) is 33.2 Å². The zero-order valence-electron chi connectivity index (χ0n) is 12.8. The molecule has 2 aromatic rings. The van der Waals surface area contributed by atoms with Gasteiger partial charge < -0.3 is 10.1 Å². The van der Waals surface area contributed by atoms with E-state index in [-0.39, 0.29) is 5.91 Å². The summed E-state index contributed by atoms with van der Waals surface area (Å²) in [6.45, 7) is 0. The van der Waals surface area contributed by atoms with Crippen LogP contribution in [0.4, 0.5) is 5.69 Å². The monoisotopic (exact) mass is 335 g/mol. The highest BCUT2D eigenvalue weighted by molar-refractivity contribution is 6.31. The Labute approximate surface area is 139 Å². The number of hydrogen-bond acceptors (Lipinski definition) is 5. The third kappa shape index (κ3) is 3.01. The number of aromatic nitrogens is 4. The summed E-state index contributed by atoms with van der Waals surface area (Å²) in [5, 5.41) is 14.8. The summed E-state index contributed by atoms with van der Waals surface area (Å²) in [7, 11) is 1.55. The first-order valence-electron chi connectivity index (χ1n) is 7.54. The summed E-state index contributed by atoms with van der Waals surface area (Å²) in [4.78, 5) is 13.0. The van der Waals surface area contributed by atoms with Crippen molar-refractivity contribution in [3.05, 3.63) is 29.5 Å². The Hall–Kier alpha value is -2.15. The van der Waals surface area contributed by atoms with E-state index in [1.807, 2.05) is 0 Å². The molecule has 1 aliphatic carbocycles. The van der Waals surface area contributed by atoms with Crippen LogP contribution in [0.5, 0.6) is 5.75 Å². The smallest absolute Gasteiger partial charge is 0.252 e. The van der Waals surface area contributed by atoms with Crippen molar-refractivity contribution in [1.82, 2.24) is 20.2 Å². The molecule has 8 heteroatoms. The average molecular weight is 336 g/mol. The maximum absolute atomic E-state index is 13.0. The molecule has 23 heavy (non-hydrogen) atoms. The topological polar surface area (TPSA) is 81.9 Å². The molecule has 122 valence electrons. The molecular weight excluding hydrogens is 318 g/mol. The number of nitrogens with one attached hydrogen (secondary N) is 1. The number of rotatable bonds is 4. The van der Waals surface area contributed by atoms with E-state index in [1.165, 1.54) is 6.33 Å². The molecule has 3 rings (SSSR count). The molecule has 0 radical (unpaired) electrons. The Balaban J connectivity index is 1.92. The van der Waals surface area contributed by atoms with Gasteiger partial charge in [0.2, 0.25) is 0 Å². The standard InChI is InChI=1S/C15H18ClN5O2/c1-23-13-6-5-11(16)9-12(13)18-14(22)15(7-3-2-4-8-15)21-10-17-19-20-21/h5-6,9-10H,2-4,7-8H2,1H3,(H,18,22). The normalized spacial score (nSPS) is 16.8. The Morgan fingerprint density at radius 3 is 2.78 bits per heavy atom. The van der Waals surface area contributed by atoms with Crippen LogP contribution < -0.4 is 10.1 Å². The van der Waals surface area contributed by atoms with Crippen molar-refractivity contribution < 1.29 is 9.53 Å². The first kappa shape index (κ1) is 15.7. The van der Waals surface area contributed by atoms with E-state index in [2.05, 4.69) is 20.8 Å². The lowest BCUT2D eigenvalue weighted by Gasteiger charge is -2.35. The molecule has 7 nitrogen and oxygen atoms in total. The van der Waals surface area contributed by atoms with Gasteiger partial charge in [-0.15, -0.1) is 5.10 Å². The second-order valence-corrected chi connectivity index (χ2v) is 6.08. The highest BCUT2D eigenvalue weighted by Gasteiger charge is 2.42. The van der Waals surface area contributed by atoms with Gasteiger partial charge in [-0.1, -0.05) is 30.9 Å². The first-order chi connectivity index (χ1) is 11.2. The lowest BCUT2D eigenvalue weighted by atomic mass is 9.81. The molecule has 0 bridgehead atoms. The number of ether oxygens (including phenoxy) is 1. The fraction of sp³-hybridized carbons (Fsp3) is 0.467. The zero-order valence-corrected chi connectivity index (χ0v) is 13.6. The van der Waals surface area contributed by atoms with Crippen LogP contribution in [0.2, 0.25) is 5.02 Å². The number of tetrazole rings is 1. The highest BCUT2D eigenvalue weighted by atomic mass is 35.5. The van der Waals surface area contributed by atoms with Gasteiger partial charge in [-0.3, -0.25) is 4.79 Å². The number of amides is 1. The van der Waals surface area contributed by atoms with E-state index < -0.39 is 5.54 Å². The molecule has 1 aromatic carbocycles. The molecule has 1 amide bonds. The summed E-state index contributed by atoms with van der Waals surface area (Å²) in [5.41, 5.74) is -0.224. The summed E-state index contributed by atoms with van der Waals surface area (Å²) in [5.74, 6) is 0.412. The molecule has 1 heterocycles. The molecule has 0 saturated heterocycles. The fourth-order valence-electron chi connectivity index (χ4n) is 3.07. The fourth-order valence-corrected chi connectivity index (χ4v) is 3.24. The Kier molecular flexibility index (Phi) is 4.47. The lowest BCUT2D eigenvalue weighted by Crippen LogP contribution is -2.47. The van der Waals surface area contributed by atoms with Crippen molar-refractivity contribution in [2.75, 3.05) is 12.4 Å². The summed E-state index contributed by atoms with van der Waals surface area (Å²) in [6, 6.07) is 5.12. The van der Waals surface area contributed by atoms with Crippen molar-refractivity contribution in [1.29, 1.82) is 0 Å². The quantitative estimate of drug-likeness (QED) is 0.928. The summed E-state index contributed by atoms with van der Waals surface area (Å²) >= 11 is 6.03. The highest BCUT2D eigenvalue weighted by Crippen LogP contribution is 2.36. The van der Waals surface area contributed by atoms with Crippen LogP contribution in [0.25, 0.3) is 0 Å². The number of methoxy groups -OCH3 is 1. The molecule has 0 unspecified atom stereocenters. The third-order valence-electron chi connectivity index (χ3n) is 4.30. The molecule has 0 spiro atoms. The van der Waals surface area contributed by atoms with E-state index in [9.17, 15) is 4.79 Å². The van der Waals surface area contributed by atoms with Gasteiger partial charge in [-0.25, -0.2) is 4.68 Å². The lowest BCUT2D eigenvalue weighted by molar-refractivity contribution is -0.126. The molecule has 0 atom stereocenters. The maximum Gasteiger partial charge on any atom is 0.252 e. The number of benzene rings is 1. The Bertz CT molecular complexity index is 683. The van der Waals surface area contributed by atoms with Crippen LogP contribution in [-0.2, 0) is 10.3 Å². The van der Waals surface area contributed by atoms with Gasteiger partial charge in [0.1, 0.15) is 17.6 Å². The van der Waals surface area contributed by atoms with Crippen LogP contribution in [0.1, 0.15) is 32.1 Å². The molecule has 1 fully saturated rings. The minimum atomic E-state index is -0.769. The number of anilines is 1. The summed E-state index contributed by atoms with van der Waals surface area (Å²) < 4.78 is 6.86. The van der Waals surface area contributed by atoms with Gasteiger partial charge in [0, 0.05) is 5.02 Å². The molecule has 0 aliphatic heterocycles. The molecule has 1 aliphatic rings. The van der Waals surface area contributed by atoms with Crippen molar-refractivity contribution in [2.45, 2.75) is 37.6 Å². The zero-order chi connectivity index (χ0) is 16.3. The van der Waals surface area contributed by atoms with Gasteiger partial charge in [0.05, 0.1) is 12.8 Å². The van der Waals surface area contributed by atoms with E-state index in [0.29, 0.717) is 29.3 Å². The van der Waals surface area contributed by atoms with Gasteiger partial charge >= 0.3 is 0 Å². The largest absolute Gasteiger partial charge is 0.495 e. The second-order valence-electron chi connectivity index (χ2n) is 5.65. The average Bonchev–Trinajstić information content (AvgIpc) is 3.10. The Morgan fingerprint density at radius 2 is 2.13 bits per heavy atom. The van der Waals surface area contributed by atoms with Crippen LogP contribution >= 0.6 is 11.6 Å². The third-order valence-corrected chi connectivity index (χ3v) is 4.54. The SMILES string of the molecule is COc1ccc(Cl)cc1NC(=O)C1(n2cnnn2)CCCCC1. The number of nitrogens with zero attached hydrogens (tertiary/aromatic N) is 4. The van der Waals surface area contributed by atoms with E-state index in [1.54, 1.807) is 30.0 Å². The van der Waals surface area contributed by atoms with E-state index in [0.717, 1.165) is 19.3 Å². The van der Waals surface area contributed by atoms with Gasteiger partial charge in [-0.05, 0) is 41.5 Å². The van der Waals surface area contributed by atoms with E-state index in [4.69, 9.17) is 16.3 Å². The van der Waals surface area contributed by atoms with Gasteiger partial charge in [0.15, 0.2) is 0 Å². The van der Waals surface area contributed by atoms with Crippen molar-refractivity contribution in [2.24, 2.45) is 0 Å². The first-order valence-corrected chi connectivity index (χ1v) is 7.92. The van der Waals surface area contributed by atoms with Gasteiger partial charge in [-0.2, -0.15) is 0 Å². The Morgan fingerprint density at radius 1 is 1.35 bits per heavy atom. The number of carbonyl (C=O) groups excluding carboxylic acids is 1. The number of hydrogen-bond donors (Lipinski definition) is 1. The van der Waals surface area contributed by atoms with E-state index >= 15 is 0 Å². The minimum absolute atomic E-state index is 0.148. The maximum atomic E-state index is 13.0. The second kappa shape index (κ2) is 6.54. The molecule has 1 N–H and O–H groups in total. The minimum Gasteiger partial charge on any atom is -0.495 e. The van der Waals surface area contributed by atoms with Gasteiger partial charge in [0.25, 0.3) is 5.91 Å². The molecular formula is C15H18ClN5O2. The predicted octanol–water partition coefficient (Wildman–Crippen LogP) is 2.63. The predicted molar refractivity (Wildman–Crippen MR) is 85.5 cm³/mol. The number of halogens is 1. The van der Waals surface area contributed by atoms with Crippen LogP contribution in [0.15, 0.2) is 24.5 Å². The molecule has 1 aromatic heterocycles. The van der Waals surface area contributed by atoms with Crippen LogP contribution in [0.3, 0.4) is 0 Å². The molecule has 1 saturated carbocycles. The van der Waals surface area contributed by atoms with Crippen molar-refractivity contribution in [3.63, 3.8) is 0 Å². The number of carbonyl (C=O) groups is 1.